The molecule has 0 fully saturated rings. The number of H-pyrrole nitrogens is 1. The summed E-state index contributed by atoms with van der Waals surface area (Å²) in [7, 11) is 0. The van der Waals surface area contributed by atoms with E-state index in [-0.39, 0.29) is 35.0 Å². The van der Waals surface area contributed by atoms with Crippen LogP contribution in [0.15, 0.2) is 58.5 Å². The Labute approximate surface area is 169 Å². The van der Waals surface area contributed by atoms with Crippen LogP contribution >= 0.6 is 11.8 Å². The minimum absolute atomic E-state index is 0.0148. The summed E-state index contributed by atoms with van der Waals surface area (Å²) in [5.41, 5.74) is 7.67. The maximum absolute atomic E-state index is 12.7. The fraction of sp³-hybridized carbons (Fsp3) is 0.105. The number of carbonyl (C=O) groups is 2. The Bertz CT molecular complexity index is 1160. The molecule has 0 unspecified atom stereocenters. The van der Waals surface area contributed by atoms with Crippen molar-refractivity contribution in [3.63, 3.8) is 0 Å². The third kappa shape index (κ3) is 3.83. The lowest BCUT2D eigenvalue weighted by molar-refractivity contribution is -0.120. The van der Waals surface area contributed by atoms with Crippen molar-refractivity contribution in [1.82, 2.24) is 15.2 Å². The first-order valence-electron chi connectivity index (χ1n) is 8.67. The third-order valence-electron chi connectivity index (χ3n) is 4.30. The minimum Gasteiger partial charge on any atom is -0.398 e. The van der Waals surface area contributed by atoms with Gasteiger partial charge in [-0.2, -0.15) is 0 Å². The molecule has 4 N–H and O–H groups in total. The lowest BCUT2D eigenvalue weighted by atomic mass is 10.1. The second kappa shape index (κ2) is 7.76. The van der Waals surface area contributed by atoms with Gasteiger partial charge in [0.25, 0.3) is 5.56 Å². The molecule has 0 aliphatic carbocycles. The van der Waals surface area contributed by atoms with Crippen molar-refractivity contribution in [2.45, 2.75) is 5.16 Å². The van der Waals surface area contributed by atoms with E-state index < -0.39 is 5.56 Å². The van der Waals surface area contributed by atoms with E-state index >= 15 is 0 Å². The Balaban J connectivity index is 1.49. The molecule has 29 heavy (non-hydrogen) atoms. The number of benzene rings is 2. The van der Waals surface area contributed by atoms with Crippen LogP contribution in [0.3, 0.4) is 0 Å². The standard InChI is InChI=1S/C19H16N6O3S/c20-12-6-2-1-5-11(12)17-18(28)22-19(24-23-17)29-10-16(27)25-9-15(26)21-13-7-3-4-8-14(13)25/h1-8H,9-10,20H2,(H,21,26)(H,22,24,28). The number of fused-ring (bicyclic) bond motifs is 1. The highest BCUT2D eigenvalue weighted by molar-refractivity contribution is 7.99. The van der Waals surface area contributed by atoms with Gasteiger partial charge >= 0.3 is 0 Å². The third-order valence-corrected chi connectivity index (χ3v) is 5.14. The van der Waals surface area contributed by atoms with Gasteiger partial charge in [-0.3, -0.25) is 19.4 Å². The number of rotatable bonds is 4. The van der Waals surface area contributed by atoms with Crippen molar-refractivity contribution < 1.29 is 9.59 Å². The summed E-state index contributed by atoms with van der Waals surface area (Å²) in [6.07, 6.45) is 0. The number of hydrogen-bond donors (Lipinski definition) is 3. The fourth-order valence-corrected chi connectivity index (χ4v) is 3.62. The summed E-state index contributed by atoms with van der Waals surface area (Å²) in [6.45, 7) is -0.0647. The molecule has 0 radical (unpaired) electrons. The number of anilines is 3. The quantitative estimate of drug-likeness (QED) is 0.440. The van der Waals surface area contributed by atoms with Gasteiger partial charge in [-0.25, -0.2) is 0 Å². The van der Waals surface area contributed by atoms with Crippen LogP contribution in [0.25, 0.3) is 11.3 Å². The average molecular weight is 408 g/mol. The summed E-state index contributed by atoms with van der Waals surface area (Å²) >= 11 is 1.04. The molecule has 1 aliphatic heterocycles. The predicted molar refractivity (Wildman–Crippen MR) is 111 cm³/mol. The summed E-state index contributed by atoms with van der Waals surface area (Å²) in [6, 6.07) is 13.9. The number of hydrogen-bond acceptors (Lipinski definition) is 7. The lowest BCUT2D eigenvalue weighted by Crippen LogP contribution is -2.43. The van der Waals surface area contributed by atoms with Crippen LogP contribution < -0.4 is 21.5 Å². The number of nitrogens with one attached hydrogen (secondary N) is 2. The molecule has 0 atom stereocenters. The lowest BCUT2D eigenvalue weighted by Gasteiger charge is -2.28. The van der Waals surface area contributed by atoms with Crippen LogP contribution in [0.5, 0.6) is 0 Å². The van der Waals surface area contributed by atoms with Gasteiger partial charge < -0.3 is 16.0 Å². The minimum atomic E-state index is -0.449. The molecule has 3 aromatic rings. The predicted octanol–water partition coefficient (Wildman–Crippen LogP) is 1.49. The largest absolute Gasteiger partial charge is 0.398 e. The van der Waals surface area contributed by atoms with Gasteiger partial charge in [0, 0.05) is 11.3 Å². The molecule has 0 saturated carbocycles. The van der Waals surface area contributed by atoms with Gasteiger partial charge in [0.05, 0.1) is 17.1 Å². The highest BCUT2D eigenvalue weighted by atomic mass is 32.2. The topological polar surface area (TPSA) is 134 Å². The van der Waals surface area contributed by atoms with Crippen LogP contribution in [0.2, 0.25) is 0 Å². The zero-order chi connectivity index (χ0) is 20.4. The first kappa shape index (κ1) is 18.7. The summed E-state index contributed by atoms with van der Waals surface area (Å²) < 4.78 is 0. The second-order valence-corrected chi connectivity index (χ2v) is 7.19. The maximum Gasteiger partial charge on any atom is 0.278 e. The summed E-state index contributed by atoms with van der Waals surface area (Å²) in [4.78, 5) is 40.9. The van der Waals surface area contributed by atoms with Gasteiger partial charge in [-0.15, -0.1) is 10.2 Å². The number of nitrogen functional groups attached to an aromatic ring is 1. The van der Waals surface area contributed by atoms with E-state index in [2.05, 4.69) is 20.5 Å². The van der Waals surface area contributed by atoms with Crippen molar-refractivity contribution in [2.24, 2.45) is 0 Å². The average Bonchev–Trinajstić information content (AvgIpc) is 2.72. The van der Waals surface area contributed by atoms with Gasteiger partial charge in [0.1, 0.15) is 6.54 Å². The highest BCUT2D eigenvalue weighted by Crippen LogP contribution is 2.29. The van der Waals surface area contributed by atoms with Gasteiger partial charge in [-0.05, 0) is 18.2 Å². The molecule has 2 aromatic carbocycles. The Morgan fingerprint density at radius 2 is 1.86 bits per heavy atom. The first-order chi connectivity index (χ1) is 14.0. The Kier molecular flexibility index (Phi) is 5.00. The molecular formula is C19H16N6O3S. The molecule has 9 nitrogen and oxygen atoms in total. The van der Waals surface area contributed by atoms with Gasteiger partial charge in [-0.1, -0.05) is 42.1 Å². The molecular weight excluding hydrogens is 392 g/mol. The normalized spacial score (nSPS) is 13.0. The summed E-state index contributed by atoms with van der Waals surface area (Å²) in [5.74, 6) is -0.560. The molecule has 146 valence electrons. The van der Waals surface area contributed by atoms with Crippen LogP contribution in [-0.4, -0.2) is 39.3 Å². The van der Waals surface area contributed by atoms with Crippen molar-refractivity contribution in [1.29, 1.82) is 0 Å². The van der Waals surface area contributed by atoms with Crippen LogP contribution in [-0.2, 0) is 9.59 Å². The second-order valence-electron chi connectivity index (χ2n) is 6.23. The number of aromatic amines is 1. The van der Waals surface area contributed by atoms with Crippen LogP contribution in [0.1, 0.15) is 0 Å². The molecule has 0 spiro atoms. The zero-order valence-corrected chi connectivity index (χ0v) is 15.9. The number of aromatic nitrogens is 3. The molecule has 2 amide bonds. The van der Waals surface area contributed by atoms with Crippen molar-refractivity contribution >= 4 is 40.6 Å². The molecule has 0 bridgehead atoms. The number of nitrogens with two attached hydrogens (primary N) is 1. The van der Waals surface area contributed by atoms with E-state index in [1.807, 2.05) is 0 Å². The number of amides is 2. The zero-order valence-electron chi connectivity index (χ0n) is 15.1. The molecule has 2 heterocycles. The monoisotopic (exact) mass is 408 g/mol. The fourth-order valence-electron chi connectivity index (χ4n) is 2.94. The SMILES string of the molecule is Nc1ccccc1-c1nnc(SCC(=O)N2CC(=O)Nc3ccccc32)[nH]c1=O. The number of carbonyl (C=O) groups excluding carboxylic acids is 2. The Hall–Kier alpha value is -3.66. The molecule has 0 saturated heterocycles. The number of para-hydroxylation sites is 3. The Morgan fingerprint density at radius 3 is 2.66 bits per heavy atom. The van der Waals surface area contributed by atoms with E-state index in [0.717, 1.165) is 11.8 Å². The molecule has 1 aliphatic rings. The van der Waals surface area contributed by atoms with E-state index in [1.54, 1.807) is 48.5 Å². The molecule has 4 rings (SSSR count). The van der Waals surface area contributed by atoms with Crippen molar-refractivity contribution in [2.75, 3.05) is 28.2 Å². The van der Waals surface area contributed by atoms with Crippen LogP contribution in [0.4, 0.5) is 17.1 Å². The van der Waals surface area contributed by atoms with E-state index in [9.17, 15) is 14.4 Å². The van der Waals surface area contributed by atoms with Crippen LogP contribution in [0, 0.1) is 0 Å². The molecule has 1 aromatic heterocycles. The van der Waals surface area contributed by atoms with Crippen molar-refractivity contribution in [3.05, 3.63) is 58.9 Å². The number of nitrogens with zero attached hydrogens (tertiary/aromatic N) is 3. The van der Waals surface area contributed by atoms with Gasteiger partial charge in [0.2, 0.25) is 11.8 Å². The van der Waals surface area contributed by atoms with Crippen molar-refractivity contribution in [3.8, 4) is 11.3 Å². The van der Waals surface area contributed by atoms with Gasteiger partial charge in [0.15, 0.2) is 10.9 Å². The molecule has 10 heteroatoms. The highest BCUT2D eigenvalue weighted by Gasteiger charge is 2.26. The first-order valence-corrected chi connectivity index (χ1v) is 9.65. The Morgan fingerprint density at radius 1 is 1.10 bits per heavy atom. The van der Waals surface area contributed by atoms with E-state index in [0.29, 0.717) is 22.6 Å². The summed E-state index contributed by atoms with van der Waals surface area (Å²) in [5, 5.41) is 10.9. The van der Waals surface area contributed by atoms with E-state index in [4.69, 9.17) is 5.73 Å². The maximum atomic E-state index is 12.7. The smallest absolute Gasteiger partial charge is 0.278 e. The number of thioether (sulfide) groups is 1. The van der Waals surface area contributed by atoms with E-state index in [1.165, 1.54) is 4.90 Å².